The molecule has 0 aliphatic carbocycles. The normalized spacial score (nSPS) is 11.6. The summed E-state index contributed by atoms with van der Waals surface area (Å²) in [5.74, 6) is 0.471. The average molecular weight is 444 g/mol. The zero-order valence-electron chi connectivity index (χ0n) is 15.4. The van der Waals surface area contributed by atoms with Gasteiger partial charge in [-0.1, -0.05) is 28.1 Å². The minimum absolute atomic E-state index is 0.254. The van der Waals surface area contributed by atoms with Crippen molar-refractivity contribution in [3.63, 3.8) is 0 Å². The molecule has 0 aliphatic heterocycles. The van der Waals surface area contributed by atoms with Crippen molar-refractivity contribution >= 4 is 38.3 Å². The van der Waals surface area contributed by atoms with E-state index in [0.29, 0.717) is 6.54 Å². The van der Waals surface area contributed by atoms with Gasteiger partial charge in [-0.25, -0.2) is 9.37 Å². The highest BCUT2D eigenvalue weighted by Crippen LogP contribution is 2.30. The lowest BCUT2D eigenvalue weighted by Crippen LogP contribution is -2.24. The van der Waals surface area contributed by atoms with Gasteiger partial charge in [0.25, 0.3) is 0 Å². The Kier molecular flexibility index (Phi) is 5.30. The van der Waals surface area contributed by atoms with Crippen LogP contribution in [-0.4, -0.2) is 36.4 Å². The van der Waals surface area contributed by atoms with E-state index in [0.717, 1.165) is 38.0 Å². The number of hydrogen-bond donors (Lipinski definition) is 1. The fraction of sp³-hybridized carbons (Fsp3) is 0.190. The number of nitrogens with zero attached hydrogens (tertiary/aromatic N) is 2. The van der Waals surface area contributed by atoms with E-state index in [4.69, 9.17) is 14.5 Å². The maximum Gasteiger partial charge on any atom is 0.173 e. The summed E-state index contributed by atoms with van der Waals surface area (Å²) in [5, 5.41) is 3.32. The Bertz CT molecular complexity index is 1120. The second-order valence-corrected chi connectivity index (χ2v) is 7.28. The molecule has 0 atom stereocenters. The molecule has 28 heavy (non-hydrogen) atoms. The molecule has 144 valence electrons. The molecule has 5 nitrogen and oxygen atoms in total. The number of anilines is 1. The summed E-state index contributed by atoms with van der Waals surface area (Å²) in [6.45, 7) is 0.453. The molecule has 0 unspecified atom stereocenters. The van der Waals surface area contributed by atoms with Crippen LogP contribution in [0.25, 0.3) is 27.7 Å². The minimum atomic E-state index is -0.381. The van der Waals surface area contributed by atoms with E-state index in [1.807, 2.05) is 30.5 Å². The van der Waals surface area contributed by atoms with Crippen LogP contribution < -0.4 is 5.32 Å². The van der Waals surface area contributed by atoms with Crippen molar-refractivity contribution in [3.8, 4) is 11.1 Å². The van der Waals surface area contributed by atoms with Gasteiger partial charge in [-0.3, -0.25) is 0 Å². The van der Waals surface area contributed by atoms with Gasteiger partial charge in [-0.15, -0.1) is 0 Å². The van der Waals surface area contributed by atoms with Gasteiger partial charge in [0, 0.05) is 30.5 Å². The molecular weight excluding hydrogens is 425 g/mol. The molecule has 0 saturated heterocycles. The number of nitrogens with one attached hydrogen (secondary N) is 1. The molecule has 0 fully saturated rings. The number of rotatable bonds is 6. The second-order valence-electron chi connectivity index (χ2n) is 6.37. The molecule has 2 aromatic carbocycles. The topological polar surface area (TPSA) is 47.8 Å². The molecule has 2 aromatic heterocycles. The Balaban J connectivity index is 1.87. The molecule has 0 spiro atoms. The summed E-state index contributed by atoms with van der Waals surface area (Å²) >= 11 is 3.53. The third kappa shape index (κ3) is 3.61. The van der Waals surface area contributed by atoms with Gasteiger partial charge < -0.3 is 19.2 Å². The molecular formula is C21H19BrFN3O2. The standard InChI is InChI=1S/C21H19BrFN3O2/c1-27-20(28-2)11-24-21-19-9-14(13-3-6-16(23)7-4-13)12-26(19)18-10-15(22)5-8-17(18)25-21/h3-10,12,20H,11H2,1-2H3,(H,24,25). The molecule has 0 saturated carbocycles. The lowest BCUT2D eigenvalue weighted by atomic mass is 10.1. The fourth-order valence-corrected chi connectivity index (χ4v) is 3.53. The third-order valence-corrected chi connectivity index (χ3v) is 5.12. The summed E-state index contributed by atoms with van der Waals surface area (Å²) < 4.78 is 26.9. The predicted octanol–water partition coefficient (Wildman–Crippen LogP) is 5.09. The molecule has 1 N–H and O–H groups in total. The van der Waals surface area contributed by atoms with Crippen LogP contribution >= 0.6 is 15.9 Å². The number of halogens is 2. The van der Waals surface area contributed by atoms with Crippen LogP contribution in [0.4, 0.5) is 10.2 Å². The Morgan fingerprint density at radius 1 is 1.04 bits per heavy atom. The van der Waals surface area contributed by atoms with Crippen LogP contribution in [0, 0.1) is 5.82 Å². The van der Waals surface area contributed by atoms with Gasteiger partial charge >= 0.3 is 0 Å². The molecule has 2 heterocycles. The Morgan fingerprint density at radius 3 is 2.50 bits per heavy atom. The summed E-state index contributed by atoms with van der Waals surface area (Å²) in [6.07, 6.45) is 1.66. The van der Waals surface area contributed by atoms with E-state index < -0.39 is 0 Å². The Labute approximate surface area is 170 Å². The van der Waals surface area contributed by atoms with Crippen molar-refractivity contribution < 1.29 is 13.9 Å². The van der Waals surface area contributed by atoms with Gasteiger partial charge in [0.1, 0.15) is 5.82 Å². The highest BCUT2D eigenvalue weighted by atomic mass is 79.9. The van der Waals surface area contributed by atoms with Crippen molar-refractivity contribution in [2.75, 3.05) is 26.1 Å². The molecule has 0 aliphatic rings. The van der Waals surface area contributed by atoms with E-state index in [9.17, 15) is 4.39 Å². The monoisotopic (exact) mass is 443 g/mol. The van der Waals surface area contributed by atoms with Gasteiger partial charge in [0.15, 0.2) is 12.1 Å². The number of aromatic nitrogens is 2. The number of methoxy groups -OCH3 is 2. The number of hydrogen-bond acceptors (Lipinski definition) is 4. The molecule has 4 aromatic rings. The number of benzene rings is 2. The summed E-state index contributed by atoms with van der Waals surface area (Å²) in [5.41, 5.74) is 4.65. The van der Waals surface area contributed by atoms with Crippen LogP contribution in [-0.2, 0) is 9.47 Å². The summed E-state index contributed by atoms with van der Waals surface area (Å²) in [6, 6.07) is 14.5. The van der Waals surface area contributed by atoms with Crippen LogP contribution in [0.1, 0.15) is 0 Å². The average Bonchev–Trinajstić information content (AvgIpc) is 3.15. The van der Waals surface area contributed by atoms with Crippen LogP contribution in [0.3, 0.4) is 0 Å². The van der Waals surface area contributed by atoms with E-state index in [1.165, 1.54) is 12.1 Å². The first kappa shape index (κ1) is 18.9. The van der Waals surface area contributed by atoms with Gasteiger partial charge in [-0.2, -0.15) is 0 Å². The third-order valence-electron chi connectivity index (χ3n) is 4.63. The van der Waals surface area contributed by atoms with Gasteiger partial charge in [0.2, 0.25) is 0 Å². The Hall–Kier alpha value is -2.48. The predicted molar refractivity (Wildman–Crippen MR) is 112 cm³/mol. The lowest BCUT2D eigenvalue weighted by molar-refractivity contribution is -0.0914. The second kappa shape index (κ2) is 7.87. The number of ether oxygens (including phenoxy) is 2. The lowest BCUT2D eigenvalue weighted by Gasteiger charge is -2.16. The van der Waals surface area contributed by atoms with E-state index in [2.05, 4.69) is 25.6 Å². The molecule has 4 rings (SSSR count). The SMILES string of the molecule is COC(CNc1nc2ccc(Br)cc2n2cc(-c3ccc(F)cc3)cc12)OC. The zero-order valence-corrected chi connectivity index (χ0v) is 17.0. The first-order valence-corrected chi connectivity index (χ1v) is 9.55. The fourth-order valence-electron chi connectivity index (χ4n) is 3.18. The van der Waals surface area contributed by atoms with Crippen molar-refractivity contribution in [2.45, 2.75) is 6.29 Å². The van der Waals surface area contributed by atoms with Crippen molar-refractivity contribution in [2.24, 2.45) is 0 Å². The van der Waals surface area contributed by atoms with Crippen LogP contribution in [0.2, 0.25) is 0 Å². The first-order valence-electron chi connectivity index (χ1n) is 8.76. The maximum absolute atomic E-state index is 13.3. The maximum atomic E-state index is 13.3. The van der Waals surface area contributed by atoms with Crippen LogP contribution in [0.5, 0.6) is 0 Å². The highest BCUT2D eigenvalue weighted by Gasteiger charge is 2.14. The van der Waals surface area contributed by atoms with Crippen molar-refractivity contribution in [1.82, 2.24) is 9.38 Å². The van der Waals surface area contributed by atoms with Crippen molar-refractivity contribution in [1.29, 1.82) is 0 Å². The van der Waals surface area contributed by atoms with Gasteiger partial charge in [0.05, 0.1) is 23.1 Å². The van der Waals surface area contributed by atoms with Crippen LogP contribution in [0.15, 0.2) is 59.2 Å². The first-order chi connectivity index (χ1) is 13.6. The quantitative estimate of drug-likeness (QED) is 0.421. The van der Waals surface area contributed by atoms with E-state index in [-0.39, 0.29) is 12.1 Å². The number of fused-ring (bicyclic) bond motifs is 3. The summed E-state index contributed by atoms with van der Waals surface area (Å²) in [4.78, 5) is 4.78. The van der Waals surface area contributed by atoms with Gasteiger partial charge in [-0.05, 0) is 42.0 Å². The highest BCUT2D eigenvalue weighted by molar-refractivity contribution is 9.10. The van der Waals surface area contributed by atoms with E-state index in [1.54, 1.807) is 26.4 Å². The summed E-state index contributed by atoms with van der Waals surface area (Å²) in [7, 11) is 3.20. The molecule has 0 amide bonds. The van der Waals surface area contributed by atoms with E-state index >= 15 is 0 Å². The molecule has 0 radical (unpaired) electrons. The Morgan fingerprint density at radius 2 is 1.79 bits per heavy atom. The molecule has 0 bridgehead atoms. The largest absolute Gasteiger partial charge is 0.363 e. The van der Waals surface area contributed by atoms with Crippen molar-refractivity contribution in [3.05, 3.63) is 65.0 Å². The molecule has 7 heteroatoms. The smallest absolute Gasteiger partial charge is 0.173 e. The zero-order chi connectivity index (χ0) is 19.7. The minimum Gasteiger partial charge on any atom is -0.363 e.